The number of ether oxygens (including phenoxy) is 1. The third-order valence-electron chi connectivity index (χ3n) is 4.00. The van der Waals surface area contributed by atoms with E-state index in [-0.39, 0.29) is 23.5 Å². The van der Waals surface area contributed by atoms with Crippen LogP contribution in [0.5, 0.6) is 11.5 Å². The Bertz CT molecular complexity index is 992. The molecule has 27 heavy (non-hydrogen) atoms. The third-order valence-corrected chi connectivity index (χ3v) is 4.00. The molecule has 0 radical (unpaired) electrons. The number of benzene rings is 3. The lowest BCUT2D eigenvalue weighted by atomic mass is 10.0. The molecule has 0 unspecified atom stereocenters. The highest BCUT2D eigenvalue weighted by molar-refractivity contribution is 5.91. The average molecular weight is 364 g/mol. The van der Waals surface area contributed by atoms with Crippen molar-refractivity contribution in [2.24, 2.45) is 0 Å². The van der Waals surface area contributed by atoms with Gasteiger partial charge in [0.25, 0.3) is 0 Å². The molecule has 136 valence electrons. The topological polar surface area (TPSA) is 104 Å². The van der Waals surface area contributed by atoms with E-state index in [4.69, 9.17) is 14.9 Å². The van der Waals surface area contributed by atoms with E-state index in [2.05, 4.69) is 0 Å². The van der Waals surface area contributed by atoms with Crippen molar-refractivity contribution in [1.82, 2.24) is 0 Å². The number of aromatic carboxylic acids is 2. The summed E-state index contributed by atoms with van der Waals surface area (Å²) in [5, 5.41) is 27.7. The summed E-state index contributed by atoms with van der Waals surface area (Å²) in [6.45, 7) is 0.237. The van der Waals surface area contributed by atoms with Crippen LogP contribution in [0.25, 0.3) is 11.1 Å². The number of hydrogen-bond acceptors (Lipinski definition) is 4. The van der Waals surface area contributed by atoms with E-state index in [1.54, 1.807) is 18.2 Å². The summed E-state index contributed by atoms with van der Waals surface area (Å²) in [7, 11) is 0. The van der Waals surface area contributed by atoms with E-state index in [0.29, 0.717) is 5.75 Å². The van der Waals surface area contributed by atoms with E-state index in [1.807, 2.05) is 30.3 Å². The summed E-state index contributed by atoms with van der Waals surface area (Å²) in [6.07, 6.45) is 0. The minimum absolute atomic E-state index is 0.185. The summed E-state index contributed by atoms with van der Waals surface area (Å²) in [5.41, 5.74) is 2.59. The summed E-state index contributed by atoms with van der Waals surface area (Å²) < 4.78 is 5.57. The van der Waals surface area contributed by atoms with Gasteiger partial charge in [0.15, 0.2) is 0 Å². The Balaban J connectivity index is 1.69. The number of rotatable bonds is 6. The van der Waals surface area contributed by atoms with Crippen molar-refractivity contribution in [2.45, 2.75) is 6.61 Å². The highest BCUT2D eigenvalue weighted by Crippen LogP contribution is 2.25. The summed E-state index contributed by atoms with van der Waals surface area (Å²) in [4.78, 5) is 22.0. The second-order valence-electron chi connectivity index (χ2n) is 5.86. The minimum Gasteiger partial charge on any atom is -0.507 e. The lowest BCUT2D eigenvalue weighted by Crippen LogP contribution is -1.99. The van der Waals surface area contributed by atoms with Crippen LogP contribution < -0.4 is 4.74 Å². The van der Waals surface area contributed by atoms with Crippen molar-refractivity contribution in [3.63, 3.8) is 0 Å². The molecule has 3 N–H and O–H groups in total. The number of phenols is 1. The first-order valence-electron chi connectivity index (χ1n) is 8.06. The largest absolute Gasteiger partial charge is 0.507 e. The molecule has 0 aromatic heterocycles. The lowest BCUT2D eigenvalue weighted by molar-refractivity contribution is 0.0684. The maximum Gasteiger partial charge on any atom is 0.339 e. The van der Waals surface area contributed by atoms with E-state index in [9.17, 15) is 14.7 Å². The zero-order chi connectivity index (χ0) is 19.4. The van der Waals surface area contributed by atoms with Crippen LogP contribution in [0.2, 0.25) is 0 Å². The summed E-state index contributed by atoms with van der Waals surface area (Å²) in [5.74, 6) is -2.18. The first-order chi connectivity index (χ1) is 12.9. The molecule has 3 rings (SSSR count). The quantitative estimate of drug-likeness (QED) is 0.610. The number of carbonyl (C=O) groups is 2. The van der Waals surface area contributed by atoms with Gasteiger partial charge in [-0.15, -0.1) is 0 Å². The van der Waals surface area contributed by atoms with Gasteiger partial charge in [0, 0.05) is 6.07 Å². The second-order valence-corrected chi connectivity index (χ2v) is 5.86. The molecule has 0 bridgehead atoms. The van der Waals surface area contributed by atoms with E-state index < -0.39 is 11.9 Å². The molecule has 6 heteroatoms. The van der Waals surface area contributed by atoms with Crippen molar-refractivity contribution in [1.29, 1.82) is 0 Å². The first-order valence-corrected chi connectivity index (χ1v) is 8.06. The van der Waals surface area contributed by atoms with Crippen LogP contribution in [0.1, 0.15) is 26.3 Å². The van der Waals surface area contributed by atoms with Crippen molar-refractivity contribution in [3.05, 3.63) is 83.4 Å². The van der Waals surface area contributed by atoms with Crippen LogP contribution >= 0.6 is 0 Å². The SMILES string of the molecule is O=C(O)c1cccc(-c2ccc(COc3ccc(C(=O)O)c(O)c3)cc2)c1. The van der Waals surface area contributed by atoms with Crippen LogP contribution in [-0.2, 0) is 6.61 Å². The molecule has 0 fully saturated rings. The van der Waals surface area contributed by atoms with Crippen LogP contribution in [0, 0.1) is 0 Å². The molecule has 0 atom stereocenters. The van der Waals surface area contributed by atoms with Gasteiger partial charge in [-0.2, -0.15) is 0 Å². The maximum absolute atomic E-state index is 11.1. The van der Waals surface area contributed by atoms with Gasteiger partial charge in [0.1, 0.15) is 23.7 Å². The number of hydrogen-bond donors (Lipinski definition) is 3. The highest BCUT2D eigenvalue weighted by atomic mass is 16.5. The van der Waals surface area contributed by atoms with Crippen LogP contribution in [0.15, 0.2) is 66.7 Å². The zero-order valence-electron chi connectivity index (χ0n) is 14.1. The smallest absolute Gasteiger partial charge is 0.339 e. The Morgan fingerprint density at radius 1 is 0.815 bits per heavy atom. The normalized spacial score (nSPS) is 10.4. The van der Waals surface area contributed by atoms with Gasteiger partial charge < -0.3 is 20.1 Å². The molecule has 0 amide bonds. The maximum atomic E-state index is 11.1. The minimum atomic E-state index is -1.21. The Morgan fingerprint density at radius 2 is 1.56 bits per heavy atom. The van der Waals surface area contributed by atoms with Gasteiger partial charge in [-0.3, -0.25) is 0 Å². The van der Waals surface area contributed by atoms with Gasteiger partial charge in [0.2, 0.25) is 0 Å². The third kappa shape index (κ3) is 4.24. The Labute approximate surface area is 154 Å². The summed E-state index contributed by atoms with van der Waals surface area (Å²) >= 11 is 0. The van der Waals surface area contributed by atoms with Crippen LogP contribution in [0.4, 0.5) is 0 Å². The molecule has 6 nitrogen and oxygen atoms in total. The molecule has 0 spiro atoms. The van der Waals surface area contributed by atoms with Crippen molar-refractivity contribution >= 4 is 11.9 Å². The fourth-order valence-electron chi connectivity index (χ4n) is 2.57. The predicted octanol–water partition coefficient (Wildman–Crippen LogP) is 4.03. The molecule has 0 aliphatic carbocycles. The number of carboxylic acid groups (broad SMARTS) is 2. The van der Waals surface area contributed by atoms with Gasteiger partial charge in [-0.05, 0) is 41.0 Å². The van der Waals surface area contributed by atoms with Gasteiger partial charge in [-0.25, -0.2) is 9.59 Å². The Kier molecular flexibility index (Phi) is 5.08. The molecule has 0 heterocycles. The first kappa shape index (κ1) is 18.0. The fraction of sp³-hybridized carbons (Fsp3) is 0.0476. The Morgan fingerprint density at radius 3 is 2.19 bits per heavy atom. The standard InChI is InChI=1S/C21H16O6/c22-19-11-17(8-9-18(19)21(25)26)27-12-13-4-6-14(7-5-13)15-2-1-3-16(10-15)20(23)24/h1-11,22H,12H2,(H,23,24)(H,25,26). The van der Waals surface area contributed by atoms with Gasteiger partial charge in [0.05, 0.1) is 5.56 Å². The van der Waals surface area contributed by atoms with Gasteiger partial charge >= 0.3 is 11.9 Å². The van der Waals surface area contributed by atoms with Crippen LogP contribution in [0.3, 0.4) is 0 Å². The highest BCUT2D eigenvalue weighted by Gasteiger charge is 2.10. The van der Waals surface area contributed by atoms with E-state index in [1.165, 1.54) is 18.2 Å². The molecule has 0 saturated carbocycles. The van der Waals surface area contributed by atoms with E-state index in [0.717, 1.165) is 16.7 Å². The summed E-state index contributed by atoms with van der Waals surface area (Å²) in [6, 6.07) is 18.2. The average Bonchev–Trinajstić information content (AvgIpc) is 2.66. The number of aromatic hydroxyl groups is 1. The zero-order valence-corrected chi connectivity index (χ0v) is 14.1. The monoisotopic (exact) mass is 364 g/mol. The lowest BCUT2D eigenvalue weighted by Gasteiger charge is -2.09. The van der Waals surface area contributed by atoms with Crippen LogP contribution in [-0.4, -0.2) is 27.3 Å². The second kappa shape index (κ2) is 7.61. The Hall–Kier alpha value is -3.80. The molecule has 0 aliphatic rings. The van der Waals surface area contributed by atoms with Crippen molar-refractivity contribution < 1.29 is 29.6 Å². The fourth-order valence-corrected chi connectivity index (χ4v) is 2.57. The molecule has 0 aliphatic heterocycles. The molecule has 0 saturated heterocycles. The molecule has 3 aromatic rings. The molecular weight excluding hydrogens is 348 g/mol. The molecular formula is C21H16O6. The van der Waals surface area contributed by atoms with Crippen molar-refractivity contribution in [3.8, 4) is 22.6 Å². The number of carboxylic acids is 2. The van der Waals surface area contributed by atoms with E-state index >= 15 is 0 Å². The van der Waals surface area contributed by atoms with Crippen molar-refractivity contribution in [2.75, 3.05) is 0 Å². The molecule has 3 aromatic carbocycles. The van der Waals surface area contributed by atoms with Gasteiger partial charge in [-0.1, -0.05) is 36.4 Å². The predicted molar refractivity (Wildman–Crippen MR) is 98.2 cm³/mol.